The highest BCUT2D eigenvalue weighted by Gasteiger charge is 2.14. The molecule has 3 nitrogen and oxygen atoms in total. The van der Waals surface area contributed by atoms with Gasteiger partial charge in [0.05, 0.1) is 0 Å². The van der Waals surface area contributed by atoms with Crippen molar-refractivity contribution in [2.75, 3.05) is 5.73 Å². The summed E-state index contributed by atoms with van der Waals surface area (Å²) >= 11 is 2.31. The summed E-state index contributed by atoms with van der Waals surface area (Å²) in [6, 6.07) is 6.11. The Hall–Kier alpha value is -1.04. The van der Waals surface area contributed by atoms with Gasteiger partial charge in [-0.05, 0) is 42.0 Å². The third-order valence-electron chi connectivity index (χ3n) is 2.41. The number of nitrogens with zero attached hydrogens (tertiary/aromatic N) is 1. The molecule has 4 heteroatoms. The lowest BCUT2D eigenvalue weighted by Crippen LogP contribution is -1.89. The first-order chi connectivity index (χ1) is 7.11. The van der Waals surface area contributed by atoms with Gasteiger partial charge in [-0.15, -0.1) is 0 Å². The number of aryl methyl sites for hydroxylation is 1. The van der Waals surface area contributed by atoms with Crippen LogP contribution >= 0.6 is 22.6 Å². The predicted molar refractivity (Wildman–Crippen MR) is 68.5 cm³/mol. The molecule has 0 saturated heterocycles. The summed E-state index contributed by atoms with van der Waals surface area (Å²) in [5, 5.41) is 3.98. The highest BCUT2D eigenvalue weighted by molar-refractivity contribution is 14.1. The summed E-state index contributed by atoms with van der Waals surface area (Å²) in [6.07, 6.45) is 0. The van der Waals surface area contributed by atoms with Crippen LogP contribution in [0.1, 0.15) is 11.1 Å². The molecule has 0 aliphatic carbocycles. The molecule has 1 aromatic heterocycles. The lowest BCUT2D eigenvalue weighted by Gasteiger charge is -2.04. The molecule has 2 rings (SSSR count). The van der Waals surface area contributed by atoms with Crippen molar-refractivity contribution in [3.63, 3.8) is 0 Å². The first kappa shape index (κ1) is 10.5. The van der Waals surface area contributed by atoms with Crippen molar-refractivity contribution in [2.45, 2.75) is 13.8 Å². The standard InChI is InChI=1S/C11H11IN2O/c1-6-4-3-5-8(9(6)12)10-7(2)11(13)15-14-10/h3-5H,13H2,1-2H3. The average Bonchev–Trinajstić information content (AvgIpc) is 2.53. The molecule has 0 amide bonds. The van der Waals surface area contributed by atoms with Crippen molar-refractivity contribution in [2.24, 2.45) is 0 Å². The summed E-state index contributed by atoms with van der Waals surface area (Å²) in [5.74, 6) is 0.391. The van der Waals surface area contributed by atoms with Gasteiger partial charge in [-0.2, -0.15) is 0 Å². The molecule has 0 aliphatic rings. The van der Waals surface area contributed by atoms with Crippen molar-refractivity contribution < 1.29 is 4.52 Å². The van der Waals surface area contributed by atoms with E-state index in [9.17, 15) is 0 Å². The SMILES string of the molecule is Cc1cccc(-c2noc(N)c2C)c1I. The molecule has 0 unspecified atom stereocenters. The van der Waals surface area contributed by atoms with Crippen molar-refractivity contribution in [1.29, 1.82) is 0 Å². The van der Waals surface area contributed by atoms with E-state index in [0.29, 0.717) is 5.88 Å². The van der Waals surface area contributed by atoms with Gasteiger partial charge in [0.1, 0.15) is 5.69 Å². The number of halogens is 1. The lowest BCUT2D eigenvalue weighted by atomic mass is 10.1. The van der Waals surface area contributed by atoms with E-state index in [1.165, 1.54) is 9.13 Å². The molecule has 0 aliphatic heterocycles. The Balaban J connectivity index is 2.64. The smallest absolute Gasteiger partial charge is 0.225 e. The molecule has 0 atom stereocenters. The number of nitrogens with two attached hydrogens (primary N) is 1. The summed E-state index contributed by atoms with van der Waals surface area (Å²) in [6.45, 7) is 3.99. The van der Waals surface area contributed by atoms with Gasteiger partial charge in [0.15, 0.2) is 0 Å². The monoisotopic (exact) mass is 314 g/mol. The maximum Gasteiger partial charge on any atom is 0.225 e. The van der Waals surface area contributed by atoms with Crippen LogP contribution in [0.5, 0.6) is 0 Å². The van der Waals surface area contributed by atoms with Crippen LogP contribution in [-0.4, -0.2) is 5.16 Å². The third-order valence-corrected chi connectivity index (χ3v) is 3.84. The zero-order valence-electron chi connectivity index (χ0n) is 8.54. The van der Waals surface area contributed by atoms with Crippen LogP contribution in [0.4, 0.5) is 5.88 Å². The lowest BCUT2D eigenvalue weighted by molar-refractivity contribution is 0.439. The maximum absolute atomic E-state index is 5.63. The van der Waals surface area contributed by atoms with E-state index in [-0.39, 0.29) is 0 Å². The van der Waals surface area contributed by atoms with Gasteiger partial charge in [-0.1, -0.05) is 23.4 Å². The predicted octanol–water partition coefficient (Wildman–Crippen LogP) is 3.15. The summed E-state index contributed by atoms with van der Waals surface area (Å²) in [7, 11) is 0. The Morgan fingerprint density at radius 2 is 2.07 bits per heavy atom. The molecule has 2 aromatic rings. The molecule has 15 heavy (non-hydrogen) atoms. The molecular weight excluding hydrogens is 303 g/mol. The second-order valence-corrected chi connectivity index (χ2v) is 4.54. The van der Waals surface area contributed by atoms with Crippen LogP contribution < -0.4 is 5.73 Å². The molecule has 0 spiro atoms. The zero-order chi connectivity index (χ0) is 11.0. The van der Waals surface area contributed by atoms with Gasteiger partial charge in [-0.3, -0.25) is 0 Å². The molecular formula is C11H11IN2O. The third kappa shape index (κ3) is 1.73. The fourth-order valence-corrected chi connectivity index (χ4v) is 2.04. The number of nitrogen functional groups attached to an aromatic ring is 1. The van der Waals surface area contributed by atoms with Crippen molar-refractivity contribution >= 4 is 28.5 Å². The fraction of sp³-hybridized carbons (Fsp3) is 0.182. The molecule has 78 valence electrons. The van der Waals surface area contributed by atoms with Crippen LogP contribution in [-0.2, 0) is 0 Å². The number of aromatic nitrogens is 1. The average molecular weight is 314 g/mol. The summed E-state index contributed by atoms with van der Waals surface area (Å²) in [5.41, 5.74) is 9.68. The van der Waals surface area contributed by atoms with Crippen LogP contribution in [0.2, 0.25) is 0 Å². The molecule has 0 bridgehead atoms. The highest BCUT2D eigenvalue weighted by Crippen LogP contribution is 2.31. The minimum absolute atomic E-state index is 0.391. The van der Waals surface area contributed by atoms with Gasteiger partial charge in [0.25, 0.3) is 0 Å². The maximum atomic E-state index is 5.63. The first-order valence-corrected chi connectivity index (χ1v) is 5.66. The van der Waals surface area contributed by atoms with E-state index < -0.39 is 0 Å². The number of hydrogen-bond donors (Lipinski definition) is 1. The van der Waals surface area contributed by atoms with E-state index >= 15 is 0 Å². The van der Waals surface area contributed by atoms with Crippen molar-refractivity contribution in [1.82, 2.24) is 5.16 Å². The fourth-order valence-electron chi connectivity index (χ4n) is 1.43. The van der Waals surface area contributed by atoms with E-state index in [1.54, 1.807) is 0 Å². The zero-order valence-corrected chi connectivity index (χ0v) is 10.7. The van der Waals surface area contributed by atoms with Crippen LogP contribution in [0.25, 0.3) is 11.3 Å². The van der Waals surface area contributed by atoms with Crippen molar-refractivity contribution in [3.05, 3.63) is 32.9 Å². The Morgan fingerprint density at radius 1 is 1.33 bits per heavy atom. The molecule has 0 saturated carbocycles. The van der Waals surface area contributed by atoms with Crippen LogP contribution in [0.3, 0.4) is 0 Å². The molecule has 0 fully saturated rings. The topological polar surface area (TPSA) is 52.0 Å². The van der Waals surface area contributed by atoms with Crippen molar-refractivity contribution in [3.8, 4) is 11.3 Å². The largest absolute Gasteiger partial charge is 0.367 e. The van der Waals surface area contributed by atoms with E-state index in [2.05, 4.69) is 40.7 Å². The van der Waals surface area contributed by atoms with Gasteiger partial charge < -0.3 is 10.3 Å². The Kier molecular flexibility index (Phi) is 2.68. The first-order valence-electron chi connectivity index (χ1n) is 4.58. The second kappa shape index (κ2) is 3.84. The summed E-state index contributed by atoms with van der Waals surface area (Å²) < 4.78 is 6.16. The quantitative estimate of drug-likeness (QED) is 0.823. The molecule has 1 heterocycles. The number of hydrogen-bond acceptors (Lipinski definition) is 3. The Bertz CT molecular complexity index is 505. The molecule has 0 radical (unpaired) electrons. The van der Waals surface area contributed by atoms with Gasteiger partial charge >= 0.3 is 0 Å². The Morgan fingerprint density at radius 3 is 2.67 bits per heavy atom. The Labute approximate surface area is 102 Å². The normalized spacial score (nSPS) is 10.6. The number of benzene rings is 1. The van der Waals surface area contributed by atoms with Crippen LogP contribution in [0, 0.1) is 17.4 Å². The van der Waals surface area contributed by atoms with Gasteiger partial charge in [0, 0.05) is 14.7 Å². The van der Waals surface area contributed by atoms with Crippen LogP contribution in [0.15, 0.2) is 22.7 Å². The summed E-state index contributed by atoms with van der Waals surface area (Å²) in [4.78, 5) is 0. The number of anilines is 1. The van der Waals surface area contributed by atoms with Gasteiger partial charge in [-0.25, -0.2) is 0 Å². The van der Waals surface area contributed by atoms with Gasteiger partial charge in [0.2, 0.25) is 5.88 Å². The highest BCUT2D eigenvalue weighted by atomic mass is 127. The molecule has 2 N–H and O–H groups in total. The van der Waals surface area contributed by atoms with E-state index in [1.807, 2.05) is 19.1 Å². The number of rotatable bonds is 1. The minimum Gasteiger partial charge on any atom is -0.367 e. The minimum atomic E-state index is 0.391. The second-order valence-electron chi connectivity index (χ2n) is 3.46. The molecule has 1 aromatic carbocycles. The van der Waals surface area contributed by atoms with E-state index in [4.69, 9.17) is 10.3 Å². The van der Waals surface area contributed by atoms with E-state index in [0.717, 1.165) is 16.8 Å².